The van der Waals surface area contributed by atoms with Gasteiger partial charge in [-0.05, 0) is 19.2 Å². The van der Waals surface area contributed by atoms with Gasteiger partial charge in [-0.15, -0.1) is 0 Å². The molecule has 6 nitrogen and oxygen atoms in total. The maximum Gasteiger partial charge on any atom is 0.243 e. The van der Waals surface area contributed by atoms with Crippen LogP contribution in [0.4, 0.5) is 0 Å². The van der Waals surface area contributed by atoms with Gasteiger partial charge in [-0.2, -0.15) is 4.31 Å². The van der Waals surface area contributed by atoms with E-state index < -0.39 is 16.1 Å². The number of amides is 1. The van der Waals surface area contributed by atoms with Gasteiger partial charge in [0.15, 0.2) is 0 Å². The van der Waals surface area contributed by atoms with E-state index in [1.807, 2.05) is 11.9 Å². The summed E-state index contributed by atoms with van der Waals surface area (Å²) in [6, 6.07) is 7.90. The SMILES string of the molecule is CN(C)C(=O)[C@@H]1CN(S(=O)(=O)c2ccccc2)CCN1C. The number of hydrogen-bond acceptors (Lipinski definition) is 4. The van der Waals surface area contributed by atoms with Gasteiger partial charge in [-0.1, -0.05) is 18.2 Å². The van der Waals surface area contributed by atoms with Crippen molar-refractivity contribution in [1.82, 2.24) is 14.1 Å². The average molecular weight is 311 g/mol. The average Bonchev–Trinajstić information content (AvgIpc) is 2.47. The van der Waals surface area contributed by atoms with Gasteiger partial charge in [0.25, 0.3) is 0 Å². The molecule has 116 valence electrons. The number of likely N-dealkylation sites (N-methyl/N-ethyl adjacent to an activating group) is 2. The van der Waals surface area contributed by atoms with Crippen LogP contribution in [0.3, 0.4) is 0 Å². The molecular weight excluding hydrogens is 290 g/mol. The Morgan fingerprint density at radius 2 is 1.81 bits per heavy atom. The number of piperazine rings is 1. The molecule has 0 radical (unpaired) electrons. The van der Waals surface area contributed by atoms with Crippen molar-refractivity contribution >= 4 is 15.9 Å². The van der Waals surface area contributed by atoms with Crippen molar-refractivity contribution in [2.45, 2.75) is 10.9 Å². The van der Waals surface area contributed by atoms with Gasteiger partial charge >= 0.3 is 0 Å². The van der Waals surface area contributed by atoms with E-state index >= 15 is 0 Å². The standard InChI is InChI=1S/C14H21N3O3S/c1-15(2)14(18)13-11-17(10-9-16(13)3)21(19,20)12-7-5-4-6-8-12/h4-8,13H,9-11H2,1-3H3/t13-/m0/s1. The molecule has 7 heteroatoms. The lowest BCUT2D eigenvalue weighted by molar-refractivity contribution is -0.135. The summed E-state index contributed by atoms with van der Waals surface area (Å²) in [6.45, 7) is 1.12. The summed E-state index contributed by atoms with van der Waals surface area (Å²) in [5.41, 5.74) is 0. The third-order valence-electron chi connectivity index (χ3n) is 3.72. The summed E-state index contributed by atoms with van der Waals surface area (Å²) in [4.78, 5) is 15.9. The number of carbonyl (C=O) groups is 1. The normalized spacial score (nSPS) is 21.2. The van der Waals surface area contributed by atoms with Crippen molar-refractivity contribution in [2.24, 2.45) is 0 Å². The van der Waals surface area contributed by atoms with E-state index in [2.05, 4.69) is 0 Å². The molecule has 2 rings (SSSR count). The Morgan fingerprint density at radius 1 is 1.19 bits per heavy atom. The van der Waals surface area contributed by atoms with E-state index in [0.717, 1.165) is 0 Å². The minimum atomic E-state index is -3.54. The Hall–Kier alpha value is -1.44. The van der Waals surface area contributed by atoms with Crippen LogP contribution < -0.4 is 0 Å². The highest BCUT2D eigenvalue weighted by molar-refractivity contribution is 7.89. The second kappa shape index (κ2) is 6.13. The summed E-state index contributed by atoms with van der Waals surface area (Å²) < 4.78 is 26.6. The highest BCUT2D eigenvalue weighted by Crippen LogP contribution is 2.19. The second-order valence-electron chi connectivity index (χ2n) is 5.41. The van der Waals surface area contributed by atoms with Gasteiger partial charge in [-0.25, -0.2) is 8.42 Å². The zero-order valence-corrected chi connectivity index (χ0v) is 13.4. The molecule has 1 aromatic carbocycles. The van der Waals surface area contributed by atoms with Crippen LogP contribution in [0.25, 0.3) is 0 Å². The zero-order chi connectivity index (χ0) is 15.6. The van der Waals surface area contributed by atoms with Gasteiger partial charge in [0.05, 0.1) is 4.90 Å². The second-order valence-corrected chi connectivity index (χ2v) is 7.34. The van der Waals surface area contributed by atoms with E-state index in [4.69, 9.17) is 0 Å². The van der Waals surface area contributed by atoms with Gasteiger partial charge in [0.2, 0.25) is 15.9 Å². The molecule has 1 fully saturated rings. The molecule has 1 aromatic rings. The van der Waals surface area contributed by atoms with Gasteiger partial charge < -0.3 is 4.90 Å². The quantitative estimate of drug-likeness (QED) is 0.793. The molecule has 1 amide bonds. The first-order valence-electron chi connectivity index (χ1n) is 6.80. The van der Waals surface area contributed by atoms with Crippen LogP contribution in [-0.4, -0.2) is 75.2 Å². The molecule has 1 heterocycles. The smallest absolute Gasteiger partial charge is 0.243 e. The van der Waals surface area contributed by atoms with Crippen LogP contribution in [0.15, 0.2) is 35.2 Å². The van der Waals surface area contributed by atoms with E-state index in [0.29, 0.717) is 13.1 Å². The van der Waals surface area contributed by atoms with E-state index in [9.17, 15) is 13.2 Å². The zero-order valence-electron chi connectivity index (χ0n) is 12.6. The van der Waals surface area contributed by atoms with Crippen molar-refractivity contribution in [2.75, 3.05) is 40.8 Å². The molecule has 0 saturated carbocycles. The van der Waals surface area contributed by atoms with Crippen molar-refractivity contribution in [3.63, 3.8) is 0 Å². The fourth-order valence-corrected chi connectivity index (χ4v) is 3.83. The molecule has 0 aromatic heterocycles. The number of carbonyl (C=O) groups excluding carboxylic acids is 1. The van der Waals surface area contributed by atoms with E-state index in [-0.39, 0.29) is 17.3 Å². The van der Waals surface area contributed by atoms with Crippen LogP contribution in [0.5, 0.6) is 0 Å². The lowest BCUT2D eigenvalue weighted by Gasteiger charge is -2.38. The molecule has 0 aliphatic carbocycles. The van der Waals surface area contributed by atoms with E-state index in [1.165, 1.54) is 9.21 Å². The highest BCUT2D eigenvalue weighted by Gasteiger charge is 2.36. The number of hydrogen-bond donors (Lipinski definition) is 0. The van der Waals surface area contributed by atoms with Crippen LogP contribution >= 0.6 is 0 Å². The molecule has 1 aliphatic rings. The topological polar surface area (TPSA) is 60.9 Å². The highest BCUT2D eigenvalue weighted by atomic mass is 32.2. The summed E-state index contributed by atoms with van der Waals surface area (Å²) in [7, 11) is 1.67. The monoisotopic (exact) mass is 311 g/mol. The Balaban J connectivity index is 2.24. The molecule has 0 N–H and O–H groups in total. The summed E-state index contributed by atoms with van der Waals surface area (Å²) in [6.07, 6.45) is 0. The first kappa shape index (κ1) is 15.9. The molecule has 1 atom stereocenters. The van der Waals surface area contributed by atoms with Crippen molar-refractivity contribution < 1.29 is 13.2 Å². The predicted molar refractivity (Wildman–Crippen MR) is 80.3 cm³/mol. The van der Waals surface area contributed by atoms with Crippen molar-refractivity contribution in [1.29, 1.82) is 0 Å². The van der Waals surface area contributed by atoms with Crippen LogP contribution in [-0.2, 0) is 14.8 Å². The number of benzene rings is 1. The maximum atomic E-state index is 12.6. The fraction of sp³-hybridized carbons (Fsp3) is 0.500. The third-order valence-corrected chi connectivity index (χ3v) is 5.60. The predicted octanol–water partition coefficient (Wildman–Crippen LogP) is 0.0795. The maximum absolute atomic E-state index is 12.6. The minimum Gasteiger partial charge on any atom is -0.347 e. The van der Waals surface area contributed by atoms with Gasteiger partial charge in [0, 0.05) is 33.7 Å². The molecule has 1 saturated heterocycles. The fourth-order valence-electron chi connectivity index (χ4n) is 2.37. The number of sulfonamides is 1. The molecular formula is C14H21N3O3S. The van der Waals surface area contributed by atoms with Gasteiger partial charge in [0.1, 0.15) is 6.04 Å². The van der Waals surface area contributed by atoms with Gasteiger partial charge in [-0.3, -0.25) is 9.69 Å². The lowest BCUT2D eigenvalue weighted by atomic mass is 10.2. The number of nitrogens with zero attached hydrogens (tertiary/aromatic N) is 3. The Bertz CT molecular complexity index is 601. The lowest BCUT2D eigenvalue weighted by Crippen LogP contribution is -2.58. The first-order valence-corrected chi connectivity index (χ1v) is 8.24. The number of rotatable bonds is 3. The van der Waals surface area contributed by atoms with Crippen molar-refractivity contribution in [3.05, 3.63) is 30.3 Å². The minimum absolute atomic E-state index is 0.0783. The third kappa shape index (κ3) is 3.25. The Kier molecular flexibility index (Phi) is 4.65. The Labute approximate surface area is 126 Å². The van der Waals surface area contributed by atoms with Crippen molar-refractivity contribution in [3.8, 4) is 0 Å². The first-order chi connectivity index (χ1) is 9.84. The summed E-state index contributed by atoms with van der Waals surface area (Å²) >= 11 is 0. The van der Waals surface area contributed by atoms with Crippen LogP contribution in [0.2, 0.25) is 0 Å². The largest absolute Gasteiger partial charge is 0.347 e. The summed E-state index contributed by atoms with van der Waals surface area (Å²) in [5.74, 6) is -0.0783. The molecule has 21 heavy (non-hydrogen) atoms. The summed E-state index contributed by atoms with van der Waals surface area (Å²) in [5, 5.41) is 0. The molecule has 1 aliphatic heterocycles. The van der Waals surface area contributed by atoms with Crippen LogP contribution in [0.1, 0.15) is 0 Å². The molecule has 0 unspecified atom stereocenters. The van der Waals surface area contributed by atoms with Crippen LogP contribution in [0, 0.1) is 0 Å². The Morgan fingerprint density at radius 3 is 2.38 bits per heavy atom. The molecule has 0 spiro atoms. The van der Waals surface area contributed by atoms with E-state index in [1.54, 1.807) is 44.4 Å². The molecule has 0 bridgehead atoms.